The van der Waals surface area contributed by atoms with Crippen LogP contribution in [0, 0.1) is 0 Å². The lowest BCUT2D eigenvalue weighted by atomic mass is 10.1. The Morgan fingerprint density at radius 3 is 2.42 bits per heavy atom. The maximum Gasteiger partial charge on any atom is 0.145 e. The van der Waals surface area contributed by atoms with E-state index in [9.17, 15) is 0 Å². The van der Waals surface area contributed by atoms with Gasteiger partial charge in [-0.2, -0.15) is 5.10 Å². The molecule has 0 radical (unpaired) electrons. The molecule has 0 aliphatic carbocycles. The van der Waals surface area contributed by atoms with Gasteiger partial charge < -0.3 is 15.2 Å². The Morgan fingerprint density at radius 1 is 1.16 bits per heavy atom. The summed E-state index contributed by atoms with van der Waals surface area (Å²) in [5.74, 6) is 1.70. The Kier molecular flexibility index (Phi) is 4.16. The van der Waals surface area contributed by atoms with Gasteiger partial charge in [0.1, 0.15) is 17.3 Å². The first-order valence-corrected chi connectivity index (χ1v) is 6.43. The molecule has 6 heteroatoms. The van der Waals surface area contributed by atoms with Gasteiger partial charge in [-0.3, -0.25) is 5.10 Å². The summed E-state index contributed by atoms with van der Waals surface area (Å²) >= 11 is 6.19. The third-order valence-electron chi connectivity index (χ3n) is 2.52. The maximum absolute atomic E-state index is 6.19. The van der Waals surface area contributed by atoms with Crippen LogP contribution in [0.5, 0.6) is 11.5 Å². The van der Waals surface area contributed by atoms with Crippen LogP contribution in [-0.2, 0) is 0 Å². The van der Waals surface area contributed by atoms with E-state index in [1.165, 1.54) is 0 Å². The second-order valence-corrected chi connectivity index (χ2v) is 4.26. The molecular formula is C13H16ClN3O2. The van der Waals surface area contributed by atoms with Gasteiger partial charge in [-0.1, -0.05) is 11.6 Å². The minimum Gasteiger partial charge on any atom is -0.493 e. The van der Waals surface area contributed by atoms with Gasteiger partial charge in [0.2, 0.25) is 0 Å². The number of halogens is 1. The third-order valence-corrected chi connectivity index (χ3v) is 2.82. The Labute approximate surface area is 116 Å². The summed E-state index contributed by atoms with van der Waals surface area (Å²) in [6.07, 6.45) is 0. The minimum atomic E-state index is 0.419. The number of rotatable bonds is 5. The summed E-state index contributed by atoms with van der Waals surface area (Å²) in [6.45, 7) is 4.91. The fourth-order valence-electron chi connectivity index (χ4n) is 1.76. The Bertz CT molecular complexity index is 569. The number of nitrogens with one attached hydrogen (secondary N) is 1. The van der Waals surface area contributed by atoms with Crippen LogP contribution in [-0.4, -0.2) is 23.4 Å². The zero-order chi connectivity index (χ0) is 13.8. The van der Waals surface area contributed by atoms with Crippen LogP contribution in [0.2, 0.25) is 5.02 Å². The first kappa shape index (κ1) is 13.5. The van der Waals surface area contributed by atoms with E-state index in [0.29, 0.717) is 35.6 Å². The molecule has 1 heterocycles. The molecule has 0 saturated carbocycles. The van der Waals surface area contributed by atoms with Crippen LogP contribution < -0.4 is 15.2 Å². The summed E-state index contributed by atoms with van der Waals surface area (Å²) in [4.78, 5) is 0. The second kappa shape index (κ2) is 5.84. The van der Waals surface area contributed by atoms with Crippen molar-refractivity contribution in [1.82, 2.24) is 10.2 Å². The minimum absolute atomic E-state index is 0.419. The molecule has 3 N–H and O–H groups in total. The van der Waals surface area contributed by atoms with Crippen molar-refractivity contribution in [3.8, 4) is 22.8 Å². The van der Waals surface area contributed by atoms with E-state index in [4.69, 9.17) is 26.8 Å². The van der Waals surface area contributed by atoms with Gasteiger partial charge in [-0.05, 0) is 19.9 Å². The lowest BCUT2D eigenvalue weighted by Crippen LogP contribution is -1.98. The highest BCUT2D eigenvalue weighted by Crippen LogP contribution is 2.38. The van der Waals surface area contributed by atoms with Crippen LogP contribution in [0.25, 0.3) is 11.3 Å². The first-order valence-electron chi connectivity index (χ1n) is 6.06. The summed E-state index contributed by atoms with van der Waals surface area (Å²) in [7, 11) is 0. The molecule has 0 amide bonds. The molecule has 1 aromatic heterocycles. The second-order valence-electron chi connectivity index (χ2n) is 3.85. The van der Waals surface area contributed by atoms with Crippen LogP contribution >= 0.6 is 11.6 Å². The number of hydrogen-bond donors (Lipinski definition) is 2. The summed E-state index contributed by atoms with van der Waals surface area (Å²) in [5.41, 5.74) is 7.18. The van der Waals surface area contributed by atoms with Crippen molar-refractivity contribution in [3.63, 3.8) is 0 Å². The molecule has 0 saturated heterocycles. The molecule has 1 aromatic carbocycles. The SMILES string of the molecule is CCOc1cc(OCC)c(-c2cc(N)n[nH]2)cc1Cl. The van der Waals surface area contributed by atoms with Crippen molar-refractivity contribution < 1.29 is 9.47 Å². The quantitative estimate of drug-likeness (QED) is 0.883. The van der Waals surface area contributed by atoms with Crippen LogP contribution in [0.15, 0.2) is 18.2 Å². The van der Waals surface area contributed by atoms with Gasteiger partial charge in [0, 0.05) is 17.7 Å². The summed E-state index contributed by atoms with van der Waals surface area (Å²) < 4.78 is 11.1. The lowest BCUT2D eigenvalue weighted by molar-refractivity contribution is 0.324. The van der Waals surface area contributed by atoms with Crippen LogP contribution in [0.3, 0.4) is 0 Å². The van der Waals surface area contributed by atoms with E-state index in [2.05, 4.69) is 10.2 Å². The highest BCUT2D eigenvalue weighted by atomic mass is 35.5. The van der Waals surface area contributed by atoms with Crippen molar-refractivity contribution in [2.75, 3.05) is 18.9 Å². The lowest BCUT2D eigenvalue weighted by Gasteiger charge is -2.13. The van der Waals surface area contributed by atoms with E-state index < -0.39 is 0 Å². The molecule has 0 bridgehead atoms. The molecule has 0 aliphatic heterocycles. The number of nitrogens with zero attached hydrogens (tertiary/aromatic N) is 1. The van der Waals surface area contributed by atoms with Gasteiger partial charge >= 0.3 is 0 Å². The van der Waals surface area contributed by atoms with Gasteiger partial charge in [0.25, 0.3) is 0 Å². The number of benzene rings is 1. The van der Waals surface area contributed by atoms with Crippen molar-refractivity contribution in [2.45, 2.75) is 13.8 Å². The van der Waals surface area contributed by atoms with Crippen LogP contribution in [0.1, 0.15) is 13.8 Å². The number of anilines is 1. The predicted molar refractivity (Wildman–Crippen MR) is 75.8 cm³/mol. The number of aromatic amines is 1. The van der Waals surface area contributed by atoms with E-state index >= 15 is 0 Å². The van der Waals surface area contributed by atoms with E-state index in [-0.39, 0.29) is 0 Å². The monoisotopic (exact) mass is 281 g/mol. The zero-order valence-electron chi connectivity index (χ0n) is 10.9. The average Bonchev–Trinajstić information content (AvgIpc) is 2.80. The van der Waals surface area contributed by atoms with Gasteiger partial charge in [-0.25, -0.2) is 0 Å². The first-order chi connectivity index (χ1) is 9.15. The highest BCUT2D eigenvalue weighted by Gasteiger charge is 2.14. The maximum atomic E-state index is 6.19. The van der Waals surface area contributed by atoms with Crippen molar-refractivity contribution >= 4 is 17.4 Å². The average molecular weight is 282 g/mol. The fourth-order valence-corrected chi connectivity index (χ4v) is 1.98. The molecule has 102 valence electrons. The number of hydrogen-bond acceptors (Lipinski definition) is 4. The number of aromatic nitrogens is 2. The van der Waals surface area contributed by atoms with E-state index in [1.54, 1.807) is 18.2 Å². The standard InChI is InChI=1S/C13H16ClN3O2/c1-3-18-11-7-12(19-4-2)9(14)5-8(11)10-6-13(15)17-16-10/h5-7H,3-4H2,1-2H3,(H3,15,16,17). The molecule has 19 heavy (non-hydrogen) atoms. The Balaban J connectivity index is 2.49. The van der Waals surface area contributed by atoms with Crippen LogP contribution in [0.4, 0.5) is 5.82 Å². The molecule has 2 rings (SSSR count). The molecular weight excluding hydrogens is 266 g/mol. The molecule has 0 fully saturated rings. The van der Waals surface area contributed by atoms with Gasteiger partial charge in [0.05, 0.1) is 23.9 Å². The normalized spacial score (nSPS) is 10.5. The largest absolute Gasteiger partial charge is 0.493 e. The summed E-state index contributed by atoms with van der Waals surface area (Å²) in [5, 5.41) is 7.27. The molecule has 2 aromatic rings. The highest BCUT2D eigenvalue weighted by molar-refractivity contribution is 6.32. The topological polar surface area (TPSA) is 73.2 Å². The Hall–Kier alpha value is -1.88. The molecule has 0 atom stereocenters. The number of ether oxygens (including phenoxy) is 2. The molecule has 0 aliphatic rings. The number of H-pyrrole nitrogens is 1. The summed E-state index contributed by atoms with van der Waals surface area (Å²) in [6, 6.07) is 5.29. The van der Waals surface area contributed by atoms with Gasteiger partial charge in [0.15, 0.2) is 0 Å². The van der Waals surface area contributed by atoms with E-state index in [0.717, 1.165) is 11.3 Å². The number of nitrogens with two attached hydrogens (primary N) is 1. The molecule has 5 nitrogen and oxygen atoms in total. The van der Waals surface area contributed by atoms with Crippen molar-refractivity contribution in [3.05, 3.63) is 23.2 Å². The van der Waals surface area contributed by atoms with E-state index in [1.807, 2.05) is 13.8 Å². The van der Waals surface area contributed by atoms with Gasteiger partial charge in [-0.15, -0.1) is 0 Å². The predicted octanol–water partition coefficient (Wildman–Crippen LogP) is 3.11. The Morgan fingerprint density at radius 2 is 1.84 bits per heavy atom. The smallest absolute Gasteiger partial charge is 0.145 e. The molecule has 0 unspecified atom stereocenters. The third kappa shape index (κ3) is 2.93. The number of nitrogen functional groups attached to an aromatic ring is 1. The molecule has 0 spiro atoms. The zero-order valence-corrected chi connectivity index (χ0v) is 11.6. The van der Waals surface area contributed by atoms with Crippen molar-refractivity contribution in [1.29, 1.82) is 0 Å². The van der Waals surface area contributed by atoms with Crippen molar-refractivity contribution in [2.24, 2.45) is 0 Å². The fraction of sp³-hybridized carbons (Fsp3) is 0.308.